The van der Waals surface area contributed by atoms with Crippen LogP contribution in [0.2, 0.25) is 0 Å². The van der Waals surface area contributed by atoms with Gasteiger partial charge in [-0.05, 0) is 60.9 Å². The van der Waals surface area contributed by atoms with Crippen molar-refractivity contribution >= 4 is 91.5 Å². The molecule has 2 aromatic carbocycles. The van der Waals surface area contributed by atoms with Crippen molar-refractivity contribution in [1.29, 1.82) is 0 Å². The number of benzene rings is 2. The van der Waals surface area contributed by atoms with Gasteiger partial charge >= 0.3 is 35.4 Å². The zero-order valence-corrected chi connectivity index (χ0v) is 46.7. The minimum absolute atomic E-state index is 0.0161. The summed E-state index contributed by atoms with van der Waals surface area (Å²) in [4.78, 5) is 113. The first kappa shape index (κ1) is 64.2. The van der Waals surface area contributed by atoms with Gasteiger partial charge < -0.3 is 69.9 Å². The standard InChI is InChI=1S/C44H57N10O20P3S2/c1-26(52-53-47)30-10-4-5-11-32(30)43(59)72-34-22-38(71-35(34)24-70-76(63,64)74-77(65,66)73-75(60,61)62)54-23-28(39-40(54)50-44(46)51-41(39)57)9-8-16-48-36(55)12-6-7-17-69-42(58)33-21-29(13-14-31(33)27(2)79-78-3)49-37(56)25-68-20-19-67-18-15-45/h4-5,10-11,13-14,21,23,26-27,34-35,38H,6-7,12,15-20,22,24-25,45H2,1-3H3,(H,48,55)(H,49,56)(H,63,64)(H,65,66)(H2,60,61,62)(H3,46,50,51,57)/t26?,27?,34?,35-,38-/m1/s1. The van der Waals surface area contributed by atoms with Crippen molar-refractivity contribution in [3.8, 4) is 11.8 Å². The van der Waals surface area contributed by atoms with Crippen molar-refractivity contribution in [2.24, 2.45) is 10.8 Å². The van der Waals surface area contributed by atoms with E-state index in [1.807, 2.05) is 13.2 Å². The van der Waals surface area contributed by atoms with Crippen LogP contribution in [0.5, 0.6) is 0 Å². The number of amides is 2. The van der Waals surface area contributed by atoms with Crippen molar-refractivity contribution in [2.75, 3.05) is 70.0 Å². The molecule has 0 spiro atoms. The van der Waals surface area contributed by atoms with Crippen molar-refractivity contribution in [3.05, 3.63) is 97.3 Å². The van der Waals surface area contributed by atoms with E-state index in [1.54, 1.807) is 18.2 Å². The second-order valence-corrected chi connectivity index (χ2v) is 23.9. The molecule has 0 aliphatic carbocycles. The molecule has 1 aliphatic rings. The molecule has 7 atom stereocenters. The van der Waals surface area contributed by atoms with E-state index in [4.69, 9.17) is 55.0 Å². The number of carbonyl (C=O) groups is 4. The lowest BCUT2D eigenvalue weighted by Gasteiger charge is -2.21. The number of fused-ring (bicyclic) bond motifs is 1. The van der Waals surface area contributed by atoms with Crippen molar-refractivity contribution in [1.82, 2.24) is 19.9 Å². The number of hydrogen-bond acceptors (Lipinski definition) is 22. The number of aromatic amines is 1. The molecule has 5 unspecified atom stereocenters. The average Bonchev–Trinajstić information content (AvgIpc) is 4.05. The first-order valence-electron chi connectivity index (χ1n) is 23.5. The largest absolute Gasteiger partial charge is 0.490 e. The second kappa shape index (κ2) is 30.3. The first-order chi connectivity index (χ1) is 37.4. The number of unbranched alkanes of at least 4 members (excludes halogenated alkanes) is 1. The van der Waals surface area contributed by atoms with E-state index >= 15 is 0 Å². The predicted molar refractivity (Wildman–Crippen MR) is 286 cm³/mol. The van der Waals surface area contributed by atoms with Gasteiger partial charge in [0.25, 0.3) is 5.56 Å². The predicted octanol–water partition coefficient (Wildman–Crippen LogP) is 5.03. The monoisotopic (exact) mass is 1200 g/mol. The van der Waals surface area contributed by atoms with Crippen LogP contribution in [0, 0.1) is 11.8 Å². The van der Waals surface area contributed by atoms with Gasteiger partial charge in [-0.25, -0.2) is 23.3 Å². The summed E-state index contributed by atoms with van der Waals surface area (Å²) in [7, 11) is -14.3. The third kappa shape index (κ3) is 20.1. The Labute approximate surface area is 458 Å². The maximum Gasteiger partial charge on any atom is 0.490 e. The highest BCUT2D eigenvalue weighted by Gasteiger charge is 2.45. The molecule has 0 radical (unpaired) electrons. The maximum absolute atomic E-state index is 13.7. The normalized spacial score (nSPS) is 17.5. The molecule has 2 amide bonds. The average molecular weight is 1200 g/mol. The van der Waals surface area contributed by atoms with Crippen LogP contribution in [-0.4, -0.2) is 129 Å². The Morgan fingerprint density at radius 2 is 1.73 bits per heavy atom. The molecule has 1 fully saturated rings. The zero-order valence-electron chi connectivity index (χ0n) is 42.4. The molecule has 2 aromatic heterocycles. The van der Waals surface area contributed by atoms with Gasteiger partial charge in [-0.2, -0.15) is 13.6 Å². The Bertz CT molecular complexity index is 3150. The molecule has 0 saturated carbocycles. The van der Waals surface area contributed by atoms with Crippen LogP contribution in [0.3, 0.4) is 0 Å². The molecule has 35 heteroatoms. The van der Waals surface area contributed by atoms with Gasteiger partial charge in [0.1, 0.15) is 25.0 Å². The summed E-state index contributed by atoms with van der Waals surface area (Å²) in [5, 5.41) is 8.80. The summed E-state index contributed by atoms with van der Waals surface area (Å²) >= 11 is 0. The number of esters is 2. The summed E-state index contributed by atoms with van der Waals surface area (Å²) in [6.45, 7) is 3.17. The Balaban J connectivity index is 1.24. The van der Waals surface area contributed by atoms with E-state index in [0.717, 1.165) is 0 Å². The fourth-order valence-electron chi connectivity index (χ4n) is 7.52. The lowest BCUT2D eigenvalue weighted by molar-refractivity contribution is -0.121. The number of phosphoric acid groups is 3. The van der Waals surface area contributed by atoms with Gasteiger partial charge in [0.2, 0.25) is 17.8 Å². The molecular weight excluding hydrogens is 1150 g/mol. The topological polar surface area (TPSA) is 450 Å². The van der Waals surface area contributed by atoms with E-state index in [9.17, 15) is 47.5 Å². The molecule has 79 heavy (non-hydrogen) atoms. The van der Waals surface area contributed by atoms with E-state index in [-0.39, 0.29) is 90.3 Å². The Hall–Kier alpha value is -5.64. The highest BCUT2D eigenvalue weighted by Crippen LogP contribution is 2.66. The summed E-state index contributed by atoms with van der Waals surface area (Å²) in [5.41, 5.74) is 21.1. The summed E-state index contributed by atoms with van der Waals surface area (Å²) in [6, 6.07) is 10.1. The van der Waals surface area contributed by atoms with E-state index in [0.29, 0.717) is 37.2 Å². The number of anilines is 2. The highest BCUT2D eigenvalue weighted by atomic mass is 33.1. The SMILES string of the molecule is CSSC(C)c1ccc(NC(=O)COCCOCCN)cc1C(=O)OCCCCC(=O)NCC#Cc1cn([C@H]2CC(OC(=O)c3ccccc3C(C)N=[N+]=[N-])[C@@H](COP(=O)(O)OP(=O)(O)OP(=O)(O)O)O2)c2nc(N)[nH]c(=O)c12. The van der Waals surface area contributed by atoms with Crippen LogP contribution in [0.4, 0.5) is 11.6 Å². The third-order valence-electron chi connectivity index (χ3n) is 10.9. The minimum atomic E-state index is -5.93. The first-order valence-corrected chi connectivity index (χ1v) is 30.7. The number of rotatable bonds is 30. The number of nitrogens with one attached hydrogen (secondary N) is 3. The summed E-state index contributed by atoms with van der Waals surface area (Å²) < 4.78 is 77.7. The van der Waals surface area contributed by atoms with Gasteiger partial charge in [-0.1, -0.05) is 69.7 Å². The second-order valence-electron chi connectivity index (χ2n) is 16.6. The van der Waals surface area contributed by atoms with Crippen LogP contribution < -0.4 is 27.7 Å². The third-order valence-corrected chi connectivity index (χ3v) is 16.8. The summed E-state index contributed by atoms with van der Waals surface area (Å²) in [5.74, 6) is 2.80. The van der Waals surface area contributed by atoms with Gasteiger partial charge in [0.05, 0.1) is 67.7 Å². The van der Waals surface area contributed by atoms with Gasteiger partial charge in [-0.15, -0.1) is 0 Å². The molecule has 30 nitrogen and oxygen atoms in total. The minimum Gasteiger partial charge on any atom is -0.462 e. The number of nitrogens with two attached hydrogens (primary N) is 2. The van der Waals surface area contributed by atoms with Crippen molar-refractivity contribution in [3.63, 3.8) is 0 Å². The fourth-order valence-corrected chi connectivity index (χ4v) is 12.3. The van der Waals surface area contributed by atoms with Crippen molar-refractivity contribution < 1.29 is 89.3 Å². The molecule has 1 aliphatic heterocycles. The van der Waals surface area contributed by atoms with Crippen LogP contribution in [0.1, 0.15) is 94.5 Å². The Morgan fingerprint density at radius 1 is 0.987 bits per heavy atom. The smallest absolute Gasteiger partial charge is 0.462 e. The van der Waals surface area contributed by atoms with E-state index < -0.39 is 83.9 Å². The van der Waals surface area contributed by atoms with Gasteiger partial charge in [0.15, 0.2) is 5.65 Å². The number of phosphoric ester groups is 1. The molecule has 430 valence electrons. The lowest BCUT2D eigenvalue weighted by atomic mass is 10.0. The molecule has 11 N–H and O–H groups in total. The van der Waals surface area contributed by atoms with Crippen LogP contribution in [0.25, 0.3) is 21.5 Å². The summed E-state index contributed by atoms with van der Waals surface area (Å²) in [6.07, 6.45) is -0.594. The zero-order chi connectivity index (χ0) is 57.9. The number of nitrogen functional groups attached to an aromatic ring is 1. The molecule has 4 aromatic rings. The molecule has 3 heterocycles. The maximum atomic E-state index is 13.7. The van der Waals surface area contributed by atoms with Crippen LogP contribution >= 0.6 is 45.1 Å². The highest BCUT2D eigenvalue weighted by molar-refractivity contribution is 8.76. The Kier molecular flexibility index (Phi) is 24.6. The number of ether oxygens (including phenoxy) is 5. The Morgan fingerprint density at radius 3 is 2.46 bits per heavy atom. The number of aromatic nitrogens is 3. The molecule has 0 bridgehead atoms. The fraction of sp³-hybridized carbons (Fsp3) is 0.455. The number of carbonyl (C=O) groups excluding carboxylic acids is 4. The molecule has 1 saturated heterocycles. The number of nitrogens with zero attached hydrogens (tertiary/aromatic N) is 5. The molecule has 5 rings (SSSR count). The molecular formula is C44H57N10O20P3S2. The van der Waals surface area contributed by atoms with Crippen LogP contribution in [0.15, 0.2) is 58.6 Å². The van der Waals surface area contributed by atoms with Gasteiger partial charge in [-0.3, -0.25) is 23.9 Å². The quantitative estimate of drug-likeness (QED) is 0.00483. The van der Waals surface area contributed by atoms with Gasteiger partial charge in [0, 0.05) is 41.4 Å². The van der Waals surface area contributed by atoms with E-state index in [2.05, 4.69) is 51.1 Å². The lowest BCUT2D eigenvalue weighted by Crippen LogP contribution is -2.31. The number of H-pyrrole nitrogens is 1. The number of azide groups is 1. The number of hydrogen-bond donors (Lipinski definition) is 9. The van der Waals surface area contributed by atoms with Crippen LogP contribution in [-0.2, 0) is 60.1 Å². The van der Waals surface area contributed by atoms with Crippen molar-refractivity contribution in [2.45, 2.75) is 69.3 Å². The van der Waals surface area contributed by atoms with E-state index in [1.165, 1.54) is 63.5 Å².